The van der Waals surface area contributed by atoms with Gasteiger partial charge in [0.05, 0.1) is 12.1 Å². The van der Waals surface area contributed by atoms with Gasteiger partial charge < -0.3 is 10.4 Å². The summed E-state index contributed by atoms with van der Waals surface area (Å²) in [6, 6.07) is 15.5. The number of hydrogen-bond donors (Lipinski definition) is 2. The van der Waals surface area contributed by atoms with Crippen LogP contribution in [0.2, 0.25) is 0 Å². The van der Waals surface area contributed by atoms with Crippen LogP contribution in [0.3, 0.4) is 0 Å². The van der Waals surface area contributed by atoms with Crippen LogP contribution in [-0.4, -0.2) is 17.3 Å². The van der Waals surface area contributed by atoms with Crippen LogP contribution in [0.4, 0.5) is 5.69 Å². The summed E-state index contributed by atoms with van der Waals surface area (Å²) in [7, 11) is 0. The largest absolute Gasteiger partial charge is 0.391 e. The minimum atomic E-state index is -0.204. The Morgan fingerprint density at radius 3 is 2.62 bits per heavy atom. The van der Waals surface area contributed by atoms with Gasteiger partial charge in [0.15, 0.2) is 0 Å². The number of hydrogen-bond acceptors (Lipinski definition) is 2. The average Bonchev–Trinajstić information content (AvgIpc) is 2.87. The van der Waals surface area contributed by atoms with E-state index in [4.69, 9.17) is 0 Å². The maximum atomic E-state index is 10.1. The lowest BCUT2D eigenvalue weighted by Crippen LogP contribution is -2.36. The van der Waals surface area contributed by atoms with Crippen LogP contribution < -0.4 is 5.32 Å². The molecule has 0 aliphatic heterocycles. The first-order chi connectivity index (χ1) is 10.3. The molecule has 0 aromatic heterocycles. The van der Waals surface area contributed by atoms with Crippen molar-refractivity contribution in [2.45, 2.75) is 44.2 Å². The molecule has 0 unspecified atom stereocenters. The van der Waals surface area contributed by atoms with Gasteiger partial charge in [-0.25, -0.2) is 0 Å². The molecular formula is C19H21NO. The molecule has 2 aromatic rings. The molecule has 0 saturated heterocycles. The fraction of sp³-hybridized carbons (Fsp3) is 0.368. The van der Waals surface area contributed by atoms with Crippen molar-refractivity contribution in [2.24, 2.45) is 0 Å². The topological polar surface area (TPSA) is 32.3 Å². The van der Waals surface area contributed by atoms with E-state index >= 15 is 0 Å². The Labute approximate surface area is 125 Å². The summed E-state index contributed by atoms with van der Waals surface area (Å²) >= 11 is 0. The number of anilines is 1. The first-order valence-corrected chi connectivity index (χ1v) is 7.97. The summed E-state index contributed by atoms with van der Waals surface area (Å²) < 4.78 is 0. The molecule has 0 amide bonds. The van der Waals surface area contributed by atoms with E-state index in [0.717, 1.165) is 31.4 Å². The van der Waals surface area contributed by atoms with E-state index in [0.29, 0.717) is 0 Å². The van der Waals surface area contributed by atoms with Crippen molar-refractivity contribution in [3.8, 4) is 11.1 Å². The summed E-state index contributed by atoms with van der Waals surface area (Å²) in [6.07, 6.45) is 5.18. The Morgan fingerprint density at radius 1 is 0.905 bits per heavy atom. The van der Waals surface area contributed by atoms with E-state index in [2.05, 4.69) is 47.8 Å². The van der Waals surface area contributed by atoms with Crippen LogP contribution in [0.25, 0.3) is 11.1 Å². The van der Waals surface area contributed by atoms with Crippen molar-refractivity contribution in [3.63, 3.8) is 0 Å². The van der Waals surface area contributed by atoms with Crippen molar-refractivity contribution in [1.82, 2.24) is 0 Å². The molecule has 0 bridgehead atoms. The van der Waals surface area contributed by atoms with E-state index in [1.807, 2.05) is 0 Å². The smallest absolute Gasteiger partial charge is 0.0741 e. The third kappa shape index (κ3) is 2.34. The number of fused-ring (bicyclic) bond motifs is 3. The van der Waals surface area contributed by atoms with Gasteiger partial charge in [0, 0.05) is 5.69 Å². The number of aliphatic hydroxyl groups excluding tert-OH is 1. The molecule has 1 fully saturated rings. The van der Waals surface area contributed by atoms with Gasteiger partial charge in [0.25, 0.3) is 0 Å². The fourth-order valence-corrected chi connectivity index (χ4v) is 3.73. The van der Waals surface area contributed by atoms with Gasteiger partial charge in [-0.1, -0.05) is 43.2 Å². The van der Waals surface area contributed by atoms with Crippen molar-refractivity contribution in [3.05, 3.63) is 53.6 Å². The first-order valence-electron chi connectivity index (χ1n) is 7.97. The standard InChI is InChI=1S/C19H21NO/c21-19-8-4-3-7-18(19)20-15-9-10-17-14(12-15)11-13-5-1-2-6-16(13)17/h1-2,5-6,9-10,12,18-21H,3-4,7-8,11H2/t18-,19-/m1/s1. The van der Waals surface area contributed by atoms with E-state index in [9.17, 15) is 5.11 Å². The maximum absolute atomic E-state index is 10.1. The summed E-state index contributed by atoms with van der Waals surface area (Å²) in [5.41, 5.74) is 6.69. The highest BCUT2D eigenvalue weighted by Gasteiger charge is 2.23. The SMILES string of the molecule is O[C@@H]1CCCC[C@H]1Nc1ccc2c(c1)Cc1ccccc1-2. The van der Waals surface area contributed by atoms with Crippen LogP contribution in [0.1, 0.15) is 36.8 Å². The van der Waals surface area contributed by atoms with Gasteiger partial charge in [0.1, 0.15) is 0 Å². The Kier molecular flexibility index (Phi) is 3.19. The number of rotatable bonds is 2. The van der Waals surface area contributed by atoms with Gasteiger partial charge in [-0.3, -0.25) is 0 Å². The number of aliphatic hydroxyl groups is 1. The Morgan fingerprint density at radius 2 is 1.71 bits per heavy atom. The average molecular weight is 279 g/mol. The van der Waals surface area contributed by atoms with Crippen LogP contribution in [0, 0.1) is 0 Å². The van der Waals surface area contributed by atoms with E-state index in [1.54, 1.807) is 0 Å². The summed E-state index contributed by atoms with van der Waals surface area (Å²) in [4.78, 5) is 0. The lowest BCUT2D eigenvalue weighted by Gasteiger charge is -2.29. The second kappa shape index (κ2) is 5.19. The van der Waals surface area contributed by atoms with Gasteiger partial charge in [-0.2, -0.15) is 0 Å². The normalized spacial score (nSPS) is 23.5. The van der Waals surface area contributed by atoms with Crippen molar-refractivity contribution in [1.29, 1.82) is 0 Å². The molecule has 0 radical (unpaired) electrons. The van der Waals surface area contributed by atoms with Gasteiger partial charge in [-0.15, -0.1) is 0 Å². The van der Waals surface area contributed by atoms with Gasteiger partial charge >= 0.3 is 0 Å². The predicted octanol–water partition coefficient (Wildman–Crippen LogP) is 3.97. The second-order valence-corrected chi connectivity index (χ2v) is 6.31. The number of benzene rings is 2. The molecule has 0 heterocycles. The molecule has 2 heteroatoms. The van der Waals surface area contributed by atoms with E-state index < -0.39 is 0 Å². The van der Waals surface area contributed by atoms with Crippen LogP contribution in [0.15, 0.2) is 42.5 Å². The molecule has 2 aromatic carbocycles. The minimum absolute atomic E-state index is 0.204. The highest BCUT2D eigenvalue weighted by atomic mass is 16.3. The zero-order chi connectivity index (χ0) is 14.2. The van der Waals surface area contributed by atoms with E-state index in [1.165, 1.54) is 28.7 Å². The molecule has 2 N–H and O–H groups in total. The molecular weight excluding hydrogens is 258 g/mol. The zero-order valence-corrected chi connectivity index (χ0v) is 12.2. The summed E-state index contributed by atoms with van der Waals surface area (Å²) in [5.74, 6) is 0. The molecule has 108 valence electrons. The molecule has 0 spiro atoms. The highest BCUT2D eigenvalue weighted by molar-refractivity contribution is 5.78. The van der Waals surface area contributed by atoms with Crippen LogP contribution in [0.5, 0.6) is 0 Å². The third-order valence-corrected chi connectivity index (χ3v) is 4.88. The molecule has 2 aliphatic carbocycles. The first kappa shape index (κ1) is 12.9. The molecule has 2 aliphatic rings. The van der Waals surface area contributed by atoms with Crippen LogP contribution in [-0.2, 0) is 6.42 Å². The Bertz CT molecular complexity index is 664. The lowest BCUT2D eigenvalue weighted by atomic mass is 9.92. The Hall–Kier alpha value is -1.80. The fourth-order valence-electron chi connectivity index (χ4n) is 3.73. The second-order valence-electron chi connectivity index (χ2n) is 6.31. The Balaban J connectivity index is 1.58. The monoisotopic (exact) mass is 279 g/mol. The molecule has 4 rings (SSSR count). The van der Waals surface area contributed by atoms with Crippen molar-refractivity contribution < 1.29 is 5.11 Å². The molecule has 1 saturated carbocycles. The quantitative estimate of drug-likeness (QED) is 0.744. The van der Waals surface area contributed by atoms with Crippen LogP contribution >= 0.6 is 0 Å². The van der Waals surface area contributed by atoms with Crippen molar-refractivity contribution in [2.75, 3.05) is 5.32 Å². The minimum Gasteiger partial charge on any atom is -0.391 e. The molecule has 2 nitrogen and oxygen atoms in total. The third-order valence-electron chi connectivity index (χ3n) is 4.88. The summed E-state index contributed by atoms with van der Waals surface area (Å²) in [6.45, 7) is 0. The predicted molar refractivity (Wildman–Crippen MR) is 86.6 cm³/mol. The van der Waals surface area contributed by atoms with E-state index in [-0.39, 0.29) is 12.1 Å². The lowest BCUT2D eigenvalue weighted by molar-refractivity contribution is 0.116. The highest BCUT2D eigenvalue weighted by Crippen LogP contribution is 2.37. The number of nitrogens with one attached hydrogen (secondary N) is 1. The maximum Gasteiger partial charge on any atom is 0.0741 e. The molecule has 2 atom stereocenters. The summed E-state index contributed by atoms with van der Waals surface area (Å²) in [5, 5.41) is 13.6. The van der Waals surface area contributed by atoms with Gasteiger partial charge in [-0.05, 0) is 53.6 Å². The zero-order valence-electron chi connectivity index (χ0n) is 12.2. The molecule has 21 heavy (non-hydrogen) atoms. The van der Waals surface area contributed by atoms with Gasteiger partial charge in [0.2, 0.25) is 0 Å². The van der Waals surface area contributed by atoms with Crippen molar-refractivity contribution >= 4 is 5.69 Å².